The molecule has 0 aromatic heterocycles. The average molecular weight is 379 g/mol. The molecule has 3 aromatic carbocycles. The zero-order valence-electron chi connectivity index (χ0n) is 15.9. The Hall–Kier alpha value is -3.54. The number of nitrogens with one attached hydrogen (secondary N) is 1. The van der Waals surface area contributed by atoms with E-state index in [0.717, 1.165) is 5.39 Å². The normalized spacial score (nSPS) is 11.5. The van der Waals surface area contributed by atoms with Gasteiger partial charge in [-0.2, -0.15) is 0 Å². The predicted molar refractivity (Wildman–Crippen MR) is 107 cm³/mol. The number of carbonyl (C=O) groups excluding carboxylic acids is 2. The number of methoxy groups -OCH3 is 2. The molecule has 0 aliphatic rings. The first-order chi connectivity index (χ1) is 13.5. The third-order valence-corrected chi connectivity index (χ3v) is 4.34. The van der Waals surface area contributed by atoms with E-state index in [9.17, 15) is 9.59 Å². The van der Waals surface area contributed by atoms with Gasteiger partial charge in [-0.25, -0.2) is 4.79 Å². The second kappa shape index (κ2) is 8.43. The van der Waals surface area contributed by atoms with Crippen LogP contribution in [0.2, 0.25) is 0 Å². The monoisotopic (exact) mass is 379 g/mol. The average Bonchev–Trinajstić information content (AvgIpc) is 2.73. The van der Waals surface area contributed by atoms with Gasteiger partial charge in [0.05, 0.1) is 25.5 Å². The van der Waals surface area contributed by atoms with Gasteiger partial charge in [0.2, 0.25) is 0 Å². The topological polar surface area (TPSA) is 73.9 Å². The smallest absolute Gasteiger partial charge is 0.339 e. The number of carbonyl (C=O) groups is 2. The predicted octanol–water partition coefficient (Wildman–Crippen LogP) is 4.04. The van der Waals surface area contributed by atoms with Crippen molar-refractivity contribution < 1.29 is 23.8 Å². The van der Waals surface area contributed by atoms with Crippen molar-refractivity contribution in [1.82, 2.24) is 0 Å². The molecule has 0 bridgehead atoms. The van der Waals surface area contributed by atoms with Gasteiger partial charge in [-0.05, 0) is 36.6 Å². The van der Waals surface area contributed by atoms with Gasteiger partial charge in [0, 0.05) is 5.39 Å². The summed E-state index contributed by atoms with van der Waals surface area (Å²) in [4.78, 5) is 25.1. The summed E-state index contributed by atoms with van der Waals surface area (Å²) in [6, 6.07) is 17.7. The molecule has 6 nitrogen and oxygen atoms in total. The number of amides is 1. The number of benzene rings is 3. The summed E-state index contributed by atoms with van der Waals surface area (Å²) >= 11 is 0. The van der Waals surface area contributed by atoms with Crippen LogP contribution >= 0.6 is 0 Å². The molecule has 6 heteroatoms. The molecule has 3 rings (SSSR count). The summed E-state index contributed by atoms with van der Waals surface area (Å²) in [6.45, 7) is 1.52. The van der Waals surface area contributed by atoms with E-state index in [4.69, 9.17) is 14.2 Å². The number of anilines is 1. The van der Waals surface area contributed by atoms with Crippen LogP contribution in [0.3, 0.4) is 0 Å². The first-order valence-corrected chi connectivity index (χ1v) is 8.75. The van der Waals surface area contributed by atoms with Crippen LogP contribution in [0.4, 0.5) is 5.69 Å². The van der Waals surface area contributed by atoms with Gasteiger partial charge in [0.1, 0.15) is 11.5 Å². The van der Waals surface area contributed by atoms with Crippen LogP contribution in [-0.4, -0.2) is 32.2 Å². The summed E-state index contributed by atoms with van der Waals surface area (Å²) in [5.74, 6) is 0.154. The van der Waals surface area contributed by atoms with Gasteiger partial charge in [-0.3, -0.25) is 4.79 Å². The highest BCUT2D eigenvalue weighted by Gasteiger charge is 2.22. The zero-order valence-corrected chi connectivity index (χ0v) is 15.9. The maximum Gasteiger partial charge on any atom is 0.339 e. The Bertz CT molecular complexity index is 1010. The maximum atomic E-state index is 12.7. The van der Waals surface area contributed by atoms with E-state index in [0.29, 0.717) is 28.1 Å². The Morgan fingerprint density at radius 2 is 1.46 bits per heavy atom. The minimum absolute atomic E-state index is 0.369. The summed E-state index contributed by atoms with van der Waals surface area (Å²) in [6.07, 6.45) is -0.988. The quantitative estimate of drug-likeness (QED) is 0.654. The summed E-state index contributed by atoms with van der Waals surface area (Å²) in [5.41, 5.74) is 0.876. The van der Waals surface area contributed by atoms with Crippen LogP contribution in [0.1, 0.15) is 17.3 Å². The molecule has 0 saturated heterocycles. The molecule has 0 radical (unpaired) electrons. The number of esters is 1. The molecule has 28 heavy (non-hydrogen) atoms. The lowest BCUT2D eigenvalue weighted by molar-refractivity contribution is -0.123. The molecular formula is C22H21NO5. The van der Waals surface area contributed by atoms with Crippen LogP contribution in [0.25, 0.3) is 10.8 Å². The summed E-state index contributed by atoms with van der Waals surface area (Å²) in [7, 11) is 3.09. The standard InChI is InChI=1S/C22H21NO5/c1-14(21(24)23-18-10-6-7-11-20(18)27-3)28-22(25)17-12-13-19(26-2)16-9-5-4-8-15(16)17/h4-14H,1-3H3,(H,23,24)/t14-/m1/s1. The molecule has 0 aliphatic carbocycles. The van der Waals surface area contributed by atoms with Crippen LogP contribution < -0.4 is 14.8 Å². The van der Waals surface area contributed by atoms with Gasteiger partial charge >= 0.3 is 5.97 Å². The Morgan fingerprint density at radius 3 is 2.18 bits per heavy atom. The van der Waals surface area contributed by atoms with Crippen LogP contribution in [-0.2, 0) is 9.53 Å². The highest BCUT2D eigenvalue weighted by atomic mass is 16.5. The van der Waals surface area contributed by atoms with E-state index in [1.165, 1.54) is 14.0 Å². The first-order valence-electron chi connectivity index (χ1n) is 8.75. The van der Waals surface area contributed by atoms with Gasteiger partial charge in [0.15, 0.2) is 6.10 Å². The van der Waals surface area contributed by atoms with Crippen LogP contribution in [0.15, 0.2) is 60.7 Å². The lowest BCUT2D eigenvalue weighted by Crippen LogP contribution is -2.30. The number of hydrogen-bond acceptors (Lipinski definition) is 5. The summed E-state index contributed by atoms with van der Waals surface area (Å²) in [5, 5.41) is 4.21. The SMILES string of the molecule is COc1ccccc1NC(=O)[C@@H](C)OC(=O)c1ccc(OC)c2ccccc12. The largest absolute Gasteiger partial charge is 0.496 e. The van der Waals surface area contributed by atoms with Crippen molar-refractivity contribution in [1.29, 1.82) is 0 Å². The van der Waals surface area contributed by atoms with E-state index >= 15 is 0 Å². The van der Waals surface area contributed by atoms with Crippen molar-refractivity contribution in [3.8, 4) is 11.5 Å². The molecule has 1 amide bonds. The fraction of sp³-hybridized carbons (Fsp3) is 0.182. The van der Waals surface area contributed by atoms with E-state index in [-0.39, 0.29) is 0 Å². The molecule has 1 atom stereocenters. The molecule has 0 unspecified atom stereocenters. The zero-order chi connectivity index (χ0) is 20.1. The molecule has 0 heterocycles. The van der Waals surface area contributed by atoms with Crippen LogP contribution in [0, 0.1) is 0 Å². The van der Waals surface area contributed by atoms with Crippen molar-refractivity contribution in [3.05, 3.63) is 66.2 Å². The van der Waals surface area contributed by atoms with Crippen molar-refractivity contribution >= 4 is 28.3 Å². The number of ether oxygens (including phenoxy) is 3. The van der Waals surface area contributed by atoms with Gasteiger partial charge < -0.3 is 19.5 Å². The molecular weight excluding hydrogens is 358 g/mol. The minimum atomic E-state index is -0.988. The highest BCUT2D eigenvalue weighted by Crippen LogP contribution is 2.29. The van der Waals surface area contributed by atoms with Crippen molar-refractivity contribution in [3.63, 3.8) is 0 Å². The second-order valence-corrected chi connectivity index (χ2v) is 6.10. The lowest BCUT2D eigenvalue weighted by atomic mass is 10.0. The van der Waals surface area contributed by atoms with Gasteiger partial charge in [-0.1, -0.05) is 36.4 Å². The summed E-state index contributed by atoms with van der Waals surface area (Å²) < 4.78 is 15.9. The van der Waals surface area contributed by atoms with Crippen molar-refractivity contribution in [2.24, 2.45) is 0 Å². The van der Waals surface area contributed by atoms with Crippen molar-refractivity contribution in [2.75, 3.05) is 19.5 Å². The van der Waals surface area contributed by atoms with E-state index in [2.05, 4.69) is 5.32 Å². The number of fused-ring (bicyclic) bond motifs is 1. The molecule has 0 spiro atoms. The van der Waals surface area contributed by atoms with Gasteiger partial charge in [0.25, 0.3) is 5.91 Å². The number of para-hydroxylation sites is 2. The molecule has 0 aliphatic heterocycles. The number of hydrogen-bond donors (Lipinski definition) is 1. The fourth-order valence-corrected chi connectivity index (χ4v) is 2.89. The Morgan fingerprint density at radius 1 is 0.821 bits per heavy atom. The Labute approximate surface area is 163 Å². The Balaban J connectivity index is 1.77. The van der Waals surface area contributed by atoms with Crippen molar-refractivity contribution in [2.45, 2.75) is 13.0 Å². The molecule has 1 N–H and O–H groups in total. The van der Waals surface area contributed by atoms with E-state index < -0.39 is 18.0 Å². The third kappa shape index (κ3) is 3.91. The third-order valence-electron chi connectivity index (χ3n) is 4.34. The second-order valence-electron chi connectivity index (χ2n) is 6.10. The lowest BCUT2D eigenvalue weighted by Gasteiger charge is -2.16. The number of rotatable bonds is 6. The highest BCUT2D eigenvalue weighted by molar-refractivity contribution is 6.07. The van der Waals surface area contributed by atoms with Crippen LogP contribution in [0.5, 0.6) is 11.5 Å². The maximum absolute atomic E-state index is 12.7. The Kier molecular flexibility index (Phi) is 5.79. The molecule has 0 saturated carbocycles. The molecule has 144 valence electrons. The van der Waals surface area contributed by atoms with E-state index in [1.807, 2.05) is 24.3 Å². The van der Waals surface area contributed by atoms with Gasteiger partial charge in [-0.15, -0.1) is 0 Å². The minimum Gasteiger partial charge on any atom is -0.496 e. The van der Waals surface area contributed by atoms with E-state index in [1.54, 1.807) is 43.5 Å². The first kappa shape index (κ1) is 19.2. The molecule has 0 fully saturated rings. The fourth-order valence-electron chi connectivity index (χ4n) is 2.89. The molecule has 3 aromatic rings.